The number of hydrogen-bond acceptors (Lipinski definition) is 3. The van der Waals surface area contributed by atoms with E-state index < -0.39 is 0 Å². The summed E-state index contributed by atoms with van der Waals surface area (Å²) in [5.74, 6) is 0.0420. The quantitative estimate of drug-likeness (QED) is 0.823. The van der Waals surface area contributed by atoms with E-state index in [2.05, 4.69) is 22.3 Å². The maximum Gasteiger partial charge on any atom is 0.239 e. The number of likely N-dealkylation sites (N-methyl/N-ethyl adjacent to an activating group) is 1. The zero-order valence-corrected chi connectivity index (χ0v) is 12.4. The fourth-order valence-corrected chi connectivity index (χ4v) is 2.09. The molecule has 0 aliphatic carbocycles. The first kappa shape index (κ1) is 15.5. The van der Waals surface area contributed by atoms with Gasteiger partial charge in [0.1, 0.15) is 0 Å². The second-order valence-corrected chi connectivity index (χ2v) is 5.07. The summed E-state index contributed by atoms with van der Waals surface area (Å²) < 4.78 is 0. The molecule has 106 valence electrons. The highest BCUT2D eigenvalue weighted by atomic mass is 16.2. The van der Waals surface area contributed by atoms with E-state index >= 15 is 0 Å². The van der Waals surface area contributed by atoms with E-state index in [1.54, 1.807) is 0 Å². The van der Waals surface area contributed by atoms with Crippen LogP contribution < -0.4 is 16.0 Å². The second-order valence-electron chi connectivity index (χ2n) is 5.07. The van der Waals surface area contributed by atoms with Gasteiger partial charge in [0.25, 0.3) is 0 Å². The van der Waals surface area contributed by atoms with Gasteiger partial charge in [-0.05, 0) is 39.3 Å². The monoisotopic (exact) mass is 263 g/mol. The first-order valence-corrected chi connectivity index (χ1v) is 6.81. The van der Waals surface area contributed by atoms with Crippen LogP contribution in [-0.2, 0) is 11.3 Å². The SMILES string of the molecule is CCN(CC(=O)NC(C)C)c1ccc(C)cc1CN. The van der Waals surface area contributed by atoms with Gasteiger partial charge in [0.2, 0.25) is 5.91 Å². The van der Waals surface area contributed by atoms with Crippen molar-refractivity contribution < 1.29 is 4.79 Å². The van der Waals surface area contributed by atoms with Gasteiger partial charge in [0.05, 0.1) is 6.54 Å². The van der Waals surface area contributed by atoms with Crippen molar-refractivity contribution in [2.24, 2.45) is 5.73 Å². The van der Waals surface area contributed by atoms with Crippen LogP contribution in [0.2, 0.25) is 0 Å². The lowest BCUT2D eigenvalue weighted by molar-refractivity contribution is -0.120. The number of hydrogen-bond donors (Lipinski definition) is 2. The molecule has 0 spiro atoms. The molecule has 0 saturated heterocycles. The van der Waals surface area contributed by atoms with E-state index in [9.17, 15) is 4.79 Å². The minimum Gasteiger partial charge on any atom is -0.362 e. The van der Waals surface area contributed by atoms with Crippen molar-refractivity contribution in [2.75, 3.05) is 18.0 Å². The summed E-state index contributed by atoms with van der Waals surface area (Å²) in [5, 5.41) is 2.91. The molecule has 0 unspecified atom stereocenters. The number of carbonyl (C=O) groups excluding carboxylic acids is 1. The minimum atomic E-state index is 0.0420. The Morgan fingerprint density at radius 2 is 2.11 bits per heavy atom. The first-order valence-electron chi connectivity index (χ1n) is 6.81. The molecule has 4 nitrogen and oxygen atoms in total. The highest BCUT2D eigenvalue weighted by Crippen LogP contribution is 2.21. The van der Waals surface area contributed by atoms with E-state index in [1.807, 2.05) is 33.8 Å². The fourth-order valence-electron chi connectivity index (χ4n) is 2.09. The van der Waals surface area contributed by atoms with Crippen LogP contribution in [-0.4, -0.2) is 25.0 Å². The van der Waals surface area contributed by atoms with E-state index in [4.69, 9.17) is 5.73 Å². The highest BCUT2D eigenvalue weighted by molar-refractivity contribution is 5.81. The molecule has 1 aromatic rings. The molecular weight excluding hydrogens is 238 g/mol. The molecule has 4 heteroatoms. The Hall–Kier alpha value is -1.55. The molecule has 0 radical (unpaired) electrons. The average molecular weight is 263 g/mol. The van der Waals surface area contributed by atoms with E-state index in [-0.39, 0.29) is 11.9 Å². The van der Waals surface area contributed by atoms with E-state index in [0.29, 0.717) is 13.1 Å². The predicted octanol–water partition coefficient (Wildman–Crippen LogP) is 1.80. The van der Waals surface area contributed by atoms with Crippen molar-refractivity contribution in [2.45, 2.75) is 40.3 Å². The molecule has 0 aliphatic rings. The summed E-state index contributed by atoms with van der Waals surface area (Å²) in [5.41, 5.74) is 9.12. The highest BCUT2D eigenvalue weighted by Gasteiger charge is 2.13. The van der Waals surface area contributed by atoms with Gasteiger partial charge in [-0.25, -0.2) is 0 Å². The van der Waals surface area contributed by atoms with Crippen molar-refractivity contribution in [3.8, 4) is 0 Å². The molecule has 1 rings (SSSR count). The van der Waals surface area contributed by atoms with Crippen LogP contribution in [0.15, 0.2) is 18.2 Å². The number of rotatable bonds is 6. The molecule has 0 atom stereocenters. The molecule has 0 saturated carbocycles. The average Bonchev–Trinajstić information content (AvgIpc) is 2.35. The van der Waals surface area contributed by atoms with Crippen LogP contribution >= 0.6 is 0 Å². The van der Waals surface area contributed by atoms with Gasteiger partial charge in [-0.15, -0.1) is 0 Å². The smallest absolute Gasteiger partial charge is 0.239 e. The Bertz CT molecular complexity index is 429. The number of nitrogens with zero attached hydrogens (tertiary/aromatic N) is 1. The van der Waals surface area contributed by atoms with Crippen LogP contribution in [0.1, 0.15) is 31.9 Å². The molecule has 3 N–H and O–H groups in total. The standard InChI is InChI=1S/C15H25N3O/c1-5-18(10-15(19)17-11(2)3)14-7-6-12(4)8-13(14)9-16/h6-8,11H,5,9-10,16H2,1-4H3,(H,17,19). The summed E-state index contributed by atoms with van der Waals surface area (Å²) in [7, 11) is 0. The molecule has 1 aromatic carbocycles. The lowest BCUT2D eigenvalue weighted by atomic mass is 10.1. The summed E-state index contributed by atoms with van der Waals surface area (Å²) in [6.45, 7) is 9.65. The number of carbonyl (C=O) groups is 1. The van der Waals surface area contributed by atoms with Crippen molar-refractivity contribution >= 4 is 11.6 Å². The molecule has 0 heterocycles. The van der Waals surface area contributed by atoms with Crippen molar-refractivity contribution in [1.29, 1.82) is 0 Å². The van der Waals surface area contributed by atoms with Crippen molar-refractivity contribution in [1.82, 2.24) is 5.32 Å². The predicted molar refractivity (Wildman–Crippen MR) is 80.2 cm³/mol. The maximum absolute atomic E-state index is 11.9. The fraction of sp³-hybridized carbons (Fsp3) is 0.533. The molecule has 19 heavy (non-hydrogen) atoms. The third kappa shape index (κ3) is 4.56. The van der Waals surface area contributed by atoms with Gasteiger partial charge in [-0.3, -0.25) is 4.79 Å². The zero-order valence-electron chi connectivity index (χ0n) is 12.4. The second kappa shape index (κ2) is 7.14. The van der Waals surface area contributed by atoms with E-state index in [1.165, 1.54) is 5.56 Å². The minimum absolute atomic E-state index is 0.0420. The number of nitrogens with one attached hydrogen (secondary N) is 1. The van der Waals surface area contributed by atoms with Crippen LogP contribution in [0.25, 0.3) is 0 Å². The number of amides is 1. The summed E-state index contributed by atoms with van der Waals surface area (Å²) in [6, 6.07) is 6.35. The number of aryl methyl sites for hydroxylation is 1. The van der Waals surface area contributed by atoms with Crippen molar-refractivity contribution in [3.63, 3.8) is 0 Å². The Morgan fingerprint density at radius 3 is 2.63 bits per heavy atom. The number of benzene rings is 1. The molecule has 0 aliphatic heterocycles. The van der Waals surface area contributed by atoms with Gasteiger partial charge < -0.3 is 16.0 Å². The summed E-state index contributed by atoms with van der Waals surface area (Å²) in [4.78, 5) is 13.9. The zero-order chi connectivity index (χ0) is 14.4. The first-order chi connectivity index (χ1) is 8.97. The third-order valence-corrected chi connectivity index (χ3v) is 2.96. The van der Waals surface area contributed by atoms with Gasteiger partial charge in [0, 0.05) is 24.8 Å². The summed E-state index contributed by atoms with van der Waals surface area (Å²) >= 11 is 0. The largest absolute Gasteiger partial charge is 0.362 e. The van der Waals surface area contributed by atoms with Gasteiger partial charge in [0.15, 0.2) is 0 Å². The van der Waals surface area contributed by atoms with Crippen molar-refractivity contribution in [3.05, 3.63) is 29.3 Å². The molecular formula is C15H25N3O. The van der Waals surface area contributed by atoms with Crippen LogP contribution in [0.5, 0.6) is 0 Å². The lowest BCUT2D eigenvalue weighted by Crippen LogP contribution is -2.40. The lowest BCUT2D eigenvalue weighted by Gasteiger charge is -2.25. The van der Waals surface area contributed by atoms with E-state index in [0.717, 1.165) is 17.8 Å². The topological polar surface area (TPSA) is 58.4 Å². The van der Waals surface area contributed by atoms with Crippen LogP contribution in [0.3, 0.4) is 0 Å². The van der Waals surface area contributed by atoms with Gasteiger partial charge in [-0.2, -0.15) is 0 Å². The number of anilines is 1. The van der Waals surface area contributed by atoms with Gasteiger partial charge in [-0.1, -0.05) is 17.7 Å². The Balaban J connectivity index is 2.88. The Kier molecular flexibility index (Phi) is 5.83. The molecule has 1 amide bonds. The Labute approximate surface area is 116 Å². The summed E-state index contributed by atoms with van der Waals surface area (Å²) in [6.07, 6.45) is 0. The number of nitrogens with two attached hydrogens (primary N) is 1. The Morgan fingerprint density at radius 1 is 1.42 bits per heavy atom. The molecule has 0 aromatic heterocycles. The normalized spacial score (nSPS) is 10.6. The molecule has 0 fully saturated rings. The maximum atomic E-state index is 11.9. The van der Waals surface area contributed by atoms with Gasteiger partial charge >= 0.3 is 0 Å². The third-order valence-electron chi connectivity index (χ3n) is 2.96. The van der Waals surface area contributed by atoms with Crippen LogP contribution in [0, 0.1) is 6.92 Å². The van der Waals surface area contributed by atoms with Crippen LogP contribution in [0.4, 0.5) is 5.69 Å². The molecule has 0 bridgehead atoms.